The van der Waals surface area contributed by atoms with Crippen molar-refractivity contribution in [1.29, 1.82) is 0 Å². The Morgan fingerprint density at radius 1 is 1.12 bits per heavy atom. The number of carbonyl (C=O) groups excluding carboxylic acids is 2. The van der Waals surface area contributed by atoms with E-state index in [9.17, 15) is 9.59 Å². The van der Waals surface area contributed by atoms with E-state index < -0.39 is 0 Å². The number of para-hydroxylation sites is 1. The third-order valence-electron chi connectivity index (χ3n) is 5.87. The summed E-state index contributed by atoms with van der Waals surface area (Å²) in [6, 6.07) is 19.0. The number of aryl methyl sites for hydroxylation is 2. The van der Waals surface area contributed by atoms with Crippen LogP contribution in [0.15, 0.2) is 71.3 Å². The van der Waals surface area contributed by atoms with E-state index >= 15 is 0 Å². The van der Waals surface area contributed by atoms with Gasteiger partial charge in [0, 0.05) is 41.2 Å². The fourth-order valence-electron chi connectivity index (χ4n) is 4.04. The number of rotatable bonds is 8. The Morgan fingerprint density at radius 3 is 2.64 bits per heavy atom. The molecule has 172 valence electrons. The number of nitrogens with one attached hydrogen (secondary N) is 1. The van der Waals surface area contributed by atoms with Crippen LogP contribution in [-0.2, 0) is 13.5 Å². The van der Waals surface area contributed by atoms with Crippen molar-refractivity contribution in [2.24, 2.45) is 7.05 Å². The molecule has 0 spiro atoms. The number of aromatic nitrogens is 2. The molecule has 2 aromatic carbocycles. The summed E-state index contributed by atoms with van der Waals surface area (Å²) in [6.45, 7) is 2.22. The second-order valence-corrected chi connectivity index (χ2v) is 8.20. The van der Waals surface area contributed by atoms with Gasteiger partial charge in [0.1, 0.15) is 11.2 Å². The highest BCUT2D eigenvalue weighted by atomic mass is 16.3. The van der Waals surface area contributed by atoms with Crippen molar-refractivity contribution < 1.29 is 15.4 Å². The molecule has 7 nitrogen and oxygen atoms in total. The maximum atomic E-state index is 13.5. The summed E-state index contributed by atoms with van der Waals surface area (Å²) in [5.41, 5.74) is 3.39. The molecule has 2 aromatic heterocycles. The average molecular weight is 447 g/mol. The number of fused-ring (bicyclic) bond motifs is 1. The van der Waals surface area contributed by atoms with Gasteiger partial charge in [-0.1, -0.05) is 36.4 Å². The Kier molecular flexibility index (Phi) is 6.58. The van der Waals surface area contributed by atoms with Crippen molar-refractivity contribution in [3.8, 4) is 0 Å². The van der Waals surface area contributed by atoms with Gasteiger partial charge in [-0.3, -0.25) is 9.59 Å². The molecular formula is C26H30N4O3. The van der Waals surface area contributed by atoms with Crippen LogP contribution in [0.1, 0.15) is 40.1 Å². The van der Waals surface area contributed by atoms with E-state index in [-0.39, 0.29) is 19.3 Å². The molecule has 0 aliphatic heterocycles. The molecule has 0 bridgehead atoms. The smallest absolute Gasteiger partial charge is 0.267 e. The third-order valence-corrected chi connectivity index (χ3v) is 5.87. The molecular weight excluding hydrogens is 416 g/mol. The van der Waals surface area contributed by atoms with Crippen molar-refractivity contribution in [2.75, 3.05) is 13.6 Å². The lowest BCUT2D eigenvalue weighted by molar-refractivity contribution is 0.0723. The number of oxazole rings is 1. The minimum atomic E-state index is -0.133. The second kappa shape index (κ2) is 9.73. The average Bonchev–Trinajstić information content (AvgIpc) is 3.42. The molecule has 33 heavy (non-hydrogen) atoms. The van der Waals surface area contributed by atoms with Gasteiger partial charge in [-0.2, -0.15) is 0 Å². The van der Waals surface area contributed by atoms with Gasteiger partial charge in [-0.15, -0.1) is 0 Å². The zero-order valence-corrected chi connectivity index (χ0v) is 19.1. The maximum absolute atomic E-state index is 13.5. The van der Waals surface area contributed by atoms with Crippen LogP contribution in [0.3, 0.4) is 0 Å². The van der Waals surface area contributed by atoms with Crippen LogP contribution in [0.4, 0.5) is 0 Å². The Labute approximate surface area is 194 Å². The lowest BCUT2D eigenvalue weighted by Crippen LogP contribution is -2.41. The summed E-state index contributed by atoms with van der Waals surface area (Å²) < 4.78 is 7.50. The summed E-state index contributed by atoms with van der Waals surface area (Å²) in [6.07, 6.45) is 3.12. The third kappa shape index (κ3) is 4.98. The van der Waals surface area contributed by atoms with Crippen molar-refractivity contribution in [3.63, 3.8) is 0 Å². The molecule has 7 heteroatoms. The first kappa shape index (κ1) is 22.3. The fraction of sp³-hybridized carbons (Fsp3) is 0.269. The molecule has 0 unspecified atom stereocenters. The monoisotopic (exact) mass is 446 g/mol. The largest absolute Gasteiger partial charge is 0.440 e. The molecule has 4 rings (SSSR count). The van der Waals surface area contributed by atoms with E-state index in [1.54, 1.807) is 35.6 Å². The first-order chi connectivity index (χ1) is 15.9. The van der Waals surface area contributed by atoms with Crippen LogP contribution in [-0.4, -0.2) is 45.9 Å². The molecule has 0 fully saturated rings. The quantitative estimate of drug-likeness (QED) is 0.439. The number of hydrogen-bond acceptors (Lipinski definition) is 4. The number of amides is 2. The molecule has 2 heterocycles. The highest BCUT2D eigenvalue weighted by Gasteiger charge is 2.25. The first-order valence-electron chi connectivity index (χ1n) is 11.0. The van der Waals surface area contributed by atoms with E-state index in [2.05, 4.69) is 10.3 Å². The van der Waals surface area contributed by atoms with Crippen LogP contribution < -0.4 is 5.32 Å². The summed E-state index contributed by atoms with van der Waals surface area (Å²) in [7, 11) is 3.64. The predicted octanol–water partition coefficient (Wildman–Crippen LogP) is 4.22. The van der Waals surface area contributed by atoms with Gasteiger partial charge in [0.05, 0.1) is 5.56 Å². The van der Waals surface area contributed by atoms with E-state index in [0.29, 0.717) is 47.6 Å². The Balaban J connectivity index is 0.00000324. The molecule has 0 saturated heterocycles. The van der Waals surface area contributed by atoms with Crippen LogP contribution in [0, 0.1) is 6.92 Å². The standard InChI is InChI=1S/C26H28N4O3.H2/c1-18-28-22-12-7-11-21(24(22)33-18)26(32)30(3)20(17-19-9-5-4-6-10-19)14-15-27-25(31)23-13-8-16-29(23)2;/h4-13,16,20H,14-15,17H2,1-3H3,(H,27,31);1H/t20-;/m1./s1. The molecule has 1 N–H and O–H groups in total. The zero-order valence-electron chi connectivity index (χ0n) is 19.1. The summed E-state index contributed by atoms with van der Waals surface area (Å²) in [4.78, 5) is 32.1. The lowest BCUT2D eigenvalue weighted by atomic mass is 10.0. The Bertz CT molecular complexity index is 1270. The SMILES string of the molecule is Cc1nc2cccc(C(=O)N(C)[C@H](CCNC(=O)c3cccn3C)Cc3ccccc3)c2o1.[HH]. The molecule has 0 aliphatic rings. The molecule has 1 atom stereocenters. The summed E-state index contributed by atoms with van der Waals surface area (Å²) in [5.74, 6) is 0.264. The second-order valence-electron chi connectivity index (χ2n) is 8.20. The molecule has 0 radical (unpaired) electrons. The van der Waals surface area contributed by atoms with Crippen LogP contribution in [0.5, 0.6) is 0 Å². The number of likely N-dealkylation sites (N-methyl/N-ethyl adjacent to an activating group) is 1. The van der Waals surface area contributed by atoms with Gasteiger partial charge < -0.3 is 19.2 Å². The van der Waals surface area contributed by atoms with Crippen LogP contribution >= 0.6 is 0 Å². The predicted molar refractivity (Wildman–Crippen MR) is 129 cm³/mol. The van der Waals surface area contributed by atoms with Crippen LogP contribution in [0.2, 0.25) is 0 Å². The van der Waals surface area contributed by atoms with E-state index in [1.807, 2.05) is 61.8 Å². The highest BCUT2D eigenvalue weighted by molar-refractivity contribution is 6.04. The first-order valence-corrected chi connectivity index (χ1v) is 11.0. The summed E-state index contributed by atoms with van der Waals surface area (Å²) in [5, 5.41) is 2.98. The number of hydrogen-bond donors (Lipinski definition) is 1. The minimum absolute atomic E-state index is 0. The maximum Gasteiger partial charge on any atom is 0.267 e. The molecule has 4 aromatic rings. The normalized spacial score (nSPS) is 12.0. The molecule has 2 amide bonds. The number of carbonyl (C=O) groups is 2. The van der Waals surface area contributed by atoms with Gasteiger partial charge in [-0.25, -0.2) is 4.98 Å². The molecule has 0 saturated carbocycles. The van der Waals surface area contributed by atoms with Gasteiger partial charge in [0.25, 0.3) is 11.8 Å². The highest BCUT2D eigenvalue weighted by Crippen LogP contribution is 2.22. The summed E-state index contributed by atoms with van der Waals surface area (Å²) >= 11 is 0. The minimum Gasteiger partial charge on any atom is -0.440 e. The van der Waals surface area contributed by atoms with Gasteiger partial charge >= 0.3 is 0 Å². The van der Waals surface area contributed by atoms with Crippen molar-refractivity contribution in [3.05, 3.63) is 89.6 Å². The topological polar surface area (TPSA) is 80.4 Å². The van der Waals surface area contributed by atoms with Crippen molar-refractivity contribution in [1.82, 2.24) is 19.8 Å². The van der Waals surface area contributed by atoms with Gasteiger partial charge in [-0.05, 0) is 42.7 Å². The van der Waals surface area contributed by atoms with Crippen molar-refractivity contribution >= 4 is 22.9 Å². The molecule has 0 aliphatic carbocycles. The Morgan fingerprint density at radius 2 is 1.91 bits per heavy atom. The number of nitrogens with zero attached hydrogens (tertiary/aromatic N) is 3. The lowest BCUT2D eigenvalue weighted by Gasteiger charge is -2.29. The fourth-order valence-corrected chi connectivity index (χ4v) is 4.04. The van der Waals surface area contributed by atoms with Gasteiger partial charge in [0.2, 0.25) is 0 Å². The van der Waals surface area contributed by atoms with E-state index in [4.69, 9.17) is 4.42 Å². The van der Waals surface area contributed by atoms with Gasteiger partial charge in [0.15, 0.2) is 11.5 Å². The van der Waals surface area contributed by atoms with Crippen molar-refractivity contribution in [2.45, 2.75) is 25.8 Å². The van der Waals surface area contributed by atoms with Crippen LogP contribution in [0.25, 0.3) is 11.1 Å². The number of benzene rings is 2. The zero-order chi connectivity index (χ0) is 23.4. The van der Waals surface area contributed by atoms with E-state index in [0.717, 1.165) is 5.56 Å². The Hall–Kier alpha value is -3.87. The van der Waals surface area contributed by atoms with E-state index in [1.165, 1.54) is 0 Å².